The predicted octanol–water partition coefficient (Wildman–Crippen LogP) is 5.20. The van der Waals surface area contributed by atoms with Crippen molar-refractivity contribution in [1.29, 1.82) is 0 Å². The number of carbonyl (C=O) groups excluding carboxylic acids is 2. The second kappa shape index (κ2) is 9.13. The highest BCUT2D eigenvalue weighted by Gasteiger charge is 2.70. The number of nitrogens with zero attached hydrogens (tertiary/aromatic N) is 3. The van der Waals surface area contributed by atoms with Crippen LogP contribution in [0, 0.1) is 34.4 Å². The Morgan fingerprint density at radius 1 is 1.22 bits per heavy atom. The van der Waals surface area contributed by atoms with E-state index in [4.69, 9.17) is 9.15 Å². The number of aliphatic hydroxyl groups excluding tert-OH is 1. The fourth-order valence-corrected chi connectivity index (χ4v) is 9.46. The van der Waals surface area contributed by atoms with Crippen molar-refractivity contribution in [2.24, 2.45) is 28.6 Å². The molecule has 3 saturated carbocycles. The molecule has 4 aliphatic rings. The summed E-state index contributed by atoms with van der Waals surface area (Å²) >= 11 is 4.25. The third kappa shape index (κ3) is 3.69. The zero-order chi connectivity index (χ0) is 28.7. The van der Waals surface area contributed by atoms with Gasteiger partial charge in [-0.1, -0.05) is 19.4 Å². The Hall–Kier alpha value is -3.24. The molecule has 4 aliphatic carbocycles. The SMILES string of the molecule is C[C@]12Cc3cnn(-c4ccc(F)cc4)c3C=C1CC[C@@H]1[C@@H]2[C@@H](O)C[C@@]2(C)[C@H]1CC[C@]2(OC(=O)c1cocn1)C(=O)S. The topological polar surface area (TPSA) is 107 Å². The van der Waals surface area contributed by atoms with Gasteiger partial charge < -0.3 is 14.3 Å². The lowest BCUT2D eigenvalue weighted by atomic mass is 9.45. The van der Waals surface area contributed by atoms with E-state index in [-0.39, 0.29) is 34.7 Å². The lowest BCUT2D eigenvalue weighted by Gasteiger charge is -2.60. The molecule has 0 radical (unpaired) electrons. The van der Waals surface area contributed by atoms with Gasteiger partial charge in [0, 0.05) is 5.41 Å². The first-order valence-electron chi connectivity index (χ1n) is 14.1. The molecule has 2 aromatic heterocycles. The van der Waals surface area contributed by atoms with Gasteiger partial charge in [-0.15, -0.1) is 12.6 Å². The Balaban J connectivity index is 1.22. The van der Waals surface area contributed by atoms with Crippen LogP contribution in [0.25, 0.3) is 11.8 Å². The molecule has 0 spiro atoms. The van der Waals surface area contributed by atoms with Gasteiger partial charge in [0.15, 0.2) is 17.7 Å². The minimum absolute atomic E-state index is 0.000562. The van der Waals surface area contributed by atoms with Gasteiger partial charge in [0.1, 0.15) is 12.1 Å². The standard InChI is InChI=1S/C31H32FN3O5S/c1-29-12-17-14-34-35(20-6-4-19(32)5-7-20)24(17)11-18(29)3-8-21-22-9-10-31(28(38)41,30(22,2)13-25(36)26(21)29)40-27(37)23-15-39-16-33-23/h4-7,11,14-16,21-22,25-26,36H,3,8-10,12-13H2,1-2H3,(H,38,41)/t21-,22-,25-,26+,29-,30-,31-/m0/s1. The van der Waals surface area contributed by atoms with Crippen molar-refractivity contribution in [3.05, 3.63) is 71.5 Å². The van der Waals surface area contributed by atoms with E-state index in [1.807, 2.05) is 17.8 Å². The lowest BCUT2D eigenvalue weighted by Crippen LogP contribution is -2.62. The Morgan fingerprint density at radius 2 is 2.00 bits per heavy atom. The smallest absolute Gasteiger partial charge is 0.361 e. The first-order valence-corrected chi connectivity index (χ1v) is 14.6. The number of benzene rings is 1. The number of aliphatic hydroxyl groups is 1. The van der Waals surface area contributed by atoms with Gasteiger partial charge in [0.05, 0.1) is 23.7 Å². The first kappa shape index (κ1) is 26.6. The number of rotatable bonds is 4. The number of fused-ring (bicyclic) bond motifs is 6. The highest BCUT2D eigenvalue weighted by atomic mass is 32.1. The second-order valence-electron chi connectivity index (χ2n) is 12.7. The number of esters is 1. The fourth-order valence-electron chi connectivity index (χ4n) is 9.05. The molecule has 41 heavy (non-hydrogen) atoms. The average molecular weight is 578 g/mol. The van der Waals surface area contributed by atoms with Crippen molar-refractivity contribution in [2.45, 2.75) is 64.1 Å². The minimum atomic E-state index is -1.46. The fraction of sp³-hybridized carbons (Fsp3) is 0.484. The van der Waals surface area contributed by atoms with Crippen LogP contribution in [0.4, 0.5) is 4.39 Å². The molecule has 10 heteroatoms. The summed E-state index contributed by atoms with van der Waals surface area (Å²) in [4.78, 5) is 30.1. The zero-order valence-corrected chi connectivity index (χ0v) is 23.8. The van der Waals surface area contributed by atoms with Crippen LogP contribution >= 0.6 is 12.6 Å². The molecule has 1 N–H and O–H groups in total. The average Bonchev–Trinajstić information content (AvgIpc) is 3.66. The molecule has 3 aromatic rings. The maximum absolute atomic E-state index is 13.6. The van der Waals surface area contributed by atoms with Crippen LogP contribution in [0.15, 0.2) is 53.1 Å². The van der Waals surface area contributed by atoms with E-state index < -0.39 is 28.2 Å². The third-order valence-corrected chi connectivity index (χ3v) is 11.2. The summed E-state index contributed by atoms with van der Waals surface area (Å²) < 4.78 is 26.3. The van der Waals surface area contributed by atoms with Crippen LogP contribution in [0.3, 0.4) is 0 Å². The van der Waals surface area contributed by atoms with Crippen LogP contribution in [0.1, 0.15) is 67.7 Å². The molecule has 1 aromatic carbocycles. The van der Waals surface area contributed by atoms with E-state index in [0.717, 1.165) is 42.6 Å². The first-order chi connectivity index (χ1) is 19.6. The largest absolute Gasteiger partial charge is 0.451 e. The number of hydrogen-bond acceptors (Lipinski definition) is 7. The number of ether oxygens (including phenoxy) is 1. The van der Waals surface area contributed by atoms with Crippen LogP contribution in [-0.2, 0) is 16.0 Å². The predicted molar refractivity (Wildman–Crippen MR) is 150 cm³/mol. The van der Waals surface area contributed by atoms with Crippen molar-refractivity contribution < 1.29 is 28.2 Å². The Labute approximate surface area is 242 Å². The Morgan fingerprint density at radius 3 is 2.71 bits per heavy atom. The van der Waals surface area contributed by atoms with Crippen LogP contribution < -0.4 is 0 Å². The maximum Gasteiger partial charge on any atom is 0.361 e. The van der Waals surface area contributed by atoms with E-state index in [9.17, 15) is 19.1 Å². The van der Waals surface area contributed by atoms with Crippen LogP contribution in [0.5, 0.6) is 0 Å². The highest BCUT2D eigenvalue weighted by molar-refractivity contribution is 7.96. The summed E-state index contributed by atoms with van der Waals surface area (Å²) in [5.41, 5.74) is 1.64. The summed E-state index contributed by atoms with van der Waals surface area (Å²) in [5, 5.41) is 16.1. The molecule has 0 bridgehead atoms. The molecule has 214 valence electrons. The van der Waals surface area contributed by atoms with E-state index in [2.05, 4.69) is 35.7 Å². The number of aromatic nitrogens is 3. The van der Waals surface area contributed by atoms with Gasteiger partial charge in [-0.2, -0.15) is 5.10 Å². The number of oxazole rings is 1. The van der Waals surface area contributed by atoms with Crippen molar-refractivity contribution in [1.82, 2.24) is 14.8 Å². The van der Waals surface area contributed by atoms with Gasteiger partial charge in [0.25, 0.3) is 0 Å². The summed E-state index contributed by atoms with van der Waals surface area (Å²) in [5.74, 6) is -0.835. The monoisotopic (exact) mass is 577 g/mol. The summed E-state index contributed by atoms with van der Waals surface area (Å²) in [6, 6.07) is 6.32. The second-order valence-corrected chi connectivity index (χ2v) is 13.1. The molecular formula is C31H32FN3O5S. The molecule has 0 unspecified atom stereocenters. The van der Waals surface area contributed by atoms with E-state index in [0.29, 0.717) is 19.3 Å². The van der Waals surface area contributed by atoms with E-state index in [1.54, 1.807) is 12.1 Å². The highest BCUT2D eigenvalue weighted by Crippen LogP contribution is 2.68. The zero-order valence-electron chi connectivity index (χ0n) is 22.9. The molecule has 0 amide bonds. The van der Waals surface area contributed by atoms with Gasteiger partial charge in [0.2, 0.25) is 5.12 Å². The molecule has 7 atom stereocenters. The molecule has 0 aliphatic heterocycles. The summed E-state index contributed by atoms with van der Waals surface area (Å²) in [6.07, 6.45) is 9.54. The number of hydrogen-bond donors (Lipinski definition) is 2. The van der Waals surface area contributed by atoms with E-state index in [1.165, 1.54) is 24.0 Å². The maximum atomic E-state index is 13.6. The number of allylic oxidation sites excluding steroid dienone is 1. The number of carbonyl (C=O) groups is 2. The van der Waals surface area contributed by atoms with Crippen molar-refractivity contribution in [3.8, 4) is 5.69 Å². The number of thiol groups is 1. The van der Waals surface area contributed by atoms with Gasteiger partial charge in [-0.3, -0.25) is 4.79 Å². The Kier molecular flexibility index (Phi) is 5.93. The van der Waals surface area contributed by atoms with Gasteiger partial charge in [-0.25, -0.2) is 18.9 Å². The minimum Gasteiger partial charge on any atom is -0.451 e. The molecule has 0 saturated heterocycles. The van der Waals surface area contributed by atoms with Crippen LogP contribution in [-0.4, -0.2) is 42.7 Å². The summed E-state index contributed by atoms with van der Waals surface area (Å²) in [6.45, 7) is 4.23. The molecule has 2 heterocycles. The van der Waals surface area contributed by atoms with Gasteiger partial charge >= 0.3 is 5.97 Å². The summed E-state index contributed by atoms with van der Waals surface area (Å²) in [7, 11) is 0. The lowest BCUT2D eigenvalue weighted by molar-refractivity contribution is -0.174. The van der Waals surface area contributed by atoms with Crippen molar-refractivity contribution >= 4 is 29.8 Å². The molecule has 7 rings (SSSR count). The third-order valence-electron chi connectivity index (χ3n) is 10.9. The van der Waals surface area contributed by atoms with Crippen molar-refractivity contribution in [3.63, 3.8) is 0 Å². The normalized spacial score (nSPS) is 35.5. The van der Waals surface area contributed by atoms with Gasteiger partial charge in [-0.05, 0) is 97.6 Å². The molecule has 3 fully saturated rings. The molecular weight excluding hydrogens is 545 g/mol. The van der Waals surface area contributed by atoms with Crippen molar-refractivity contribution in [2.75, 3.05) is 0 Å². The van der Waals surface area contributed by atoms with Crippen LogP contribution in [0.2, 0.25) is 0 Å². The molecule has 8 nitrogen and oxygen atoms in total. The quantitative estimate of drug-likeness (QED) is 0.324. The van der Waals surface area contributed by atoms with E-state index >= 15 is 0 Å². The Bertz CT molecular complexity index is 1570. The number of halogens is 1.